The van der Waals surface area contributed by atoms with Gasteiger partial charge in [0.15, 0.2) is 0 Å². The van der Waals surface area contributed by atoms with E-state index in [1.54, 1.807) is 0 Å². The number of sulfone groups is 1. The lowest BCUT2D eigenvalue weighted by Gasteiger charge is -2.22. The Morgan fingerprint density at radius 3 is 2.53 bits per heavy atom. The molecule has 1 aromatic carbocycles. The molecule has 0 aliphatic rings. The zero-order valence-corrected chi connectivity index (χ0v) is 12.7. The topological polar surface area (TPSA) is 72.6 Å². The van der Waals surface area contributed by atoms with E-state index in [0.29, 0.717) is 18.0 Å². The number of benzene rings is 1. The molecule has 0 spiro atoms. The third kappa shape index (κ3) is 4.98. The zero-order chi connectivity index (χ0) is 14.6. The maximum Gasteiger partial charge on any atom is 0.149 e. The molecule has 1 aromatic rings. The number of rotatable bonds is 6. The summed E-state index contributed by atoms with van der Waals surface area (Å²) in [4.78, 5) is 1.82. The van der Waals surface area contributed by atoms with Gasteiger partial charge in [-0.2, -0.15) is 0 Å². The highest BCUT2D eigenvalue weighted by molar-refractivity contribution is 7.90. The van der Waals surface area contributed by atoms with Crippen LogP contribution in [0.1, 0.15) is 13.8 Å². The summed E-state index contributed by atoms with van der Waals surface area (Å²) in [6.45, 7) is 4.26. The van der Waals surface area contributed by atoms with Crippen molar-refractivity contribution in [2.45, 2.75) is 20.0 Å². The highest BCUT2D eigenvalue weighted by Gasteiger charge is 2.12. The fourth-order valence-corrected chi connectivity index (χ4v) is 2.25. The lowest BCUT2D eigenvalue weighted by atomic mass is 10.2. The smallest absolute Gasteiger partial charge is 0.149 e. The minimum atomic E-state index is -2.98. The Morgan fingerprint density at radius 2 is 2.00 bits per heavy atom. The first kappa shape index (κ1) is 15.6. The number of anilines is 2. The molecule has 1 rings (SSSR count). The van der Waals surface area contributed by atoms with Gasteiger partial charge in [-0.25, -0.2) is 8.42 Å². The Balaban J connectivity index is 2.88. The fraction of sp³-hybridized carbons (Fsp3) is 0.538. The van der Waals surface area contributed by atoms with Crippen LogP contribution in [0, 0.1) is 0 Å². The molecule has 2 N–H and O–H groups in total. The standard InChI is InChI=1S/C13H22N2O3S/c1-10(2)18-12-7-5-6-11(13(12)14)15(3)8-9-19(4,16)17/h5-7,10H,8-9,14H2,1-4H3. The van der Waals surface area contributed by atoms with Crippen LogP contribution in [-0.2, 0) is 9.84 Å². The van der Waals surface area contributed by atoms with Gasteiger partial charge in [0.2, 0.25) is 0 Å². The quantitative estimate of drug-likeness (QED) is 0.803. The molecule has 108 valence electrons. The second-order valence-electron chi connectivity index (χ2n) is 4.91. The molecule has 5 nitrogen and oxygen atoms in total. The molecule has 0 amide bonds. The normalized spacial score (nSPS) is 11.6. The average molecular weight is 286 g/mol. The number of ether oxygens (including phenoxy) is 1. The molecule has 0 saturated carbocycles. The number of hydrogen-bond acceptors (Lipinski definition) is 5. The summed E-state index contributed by atoms with van der Waals surface area (Å²) in [5, 5.41) is 0. The van der Waals surface area contributed by atoms with E-state index in [0.717, 1.165) is 5.69 Å². The highest BCUT2D eigenvalue weighted by Crippen LogP contribution is 2.32. The van der Waals surface area contributed by atoms with Gasteiger partial charge in [0, 0.05) is 19.8 Å². The molecule has 0 heterocycles. The van der Waals surface area contributed by atoms with E-state index in [2.05, 4.69) is 0 Å². The molecule has 6 heteroatoms. The second kappa shape index (κ2) is 6.14. The van der Waals surface area contributed by atoms with Gasteiger partial charge in [-0.3, -0.25) is 0 Å². The maximum absolute atomic E-state index is 11.2. The van der Waals surface area contributed by atoms with Gasteiger partial charge in [0.05, 0.1) is 23.2 Å². The summed E-state index contributed by atoms with van der Waals surface area (Å²) in [6, 6.07) is 5.51. The van der Waals surface area contributed by atoms with Crippen LogP contribution in [-0.4, -0.2) is 40.1 Å². The van der Waals surface area contributed by atoms with Crippen LogP contribution in [0.2, 0.25) is 0 Å². The molecule has 0 aromatic heterocycles. The van der Waals surface area contributed by atoms with Crippen molar-refractivity contribution in [1.29, 1.82) is 0 Å². The summed E-state index contributed by atoms with van der Waals surface area (Å²) in [6.07, 6.45) is 1.27. The Morgan fingerprint density at radius 1 is 1.37 bits per heavy atom. The van der Waals surface area contributed by atoms with Crippen molar-refractivity contribution in [1.82, 2.24) is 0 Å². The van der Waals surface area contributed by atoms with Crippen LogP contribution in [0.25, 0.3) is 0 Å². The van der Waals surface area contributed by atoms with Gasteiger partial charge in [0.1, 0.15) is 15.6 Å². The van der Waals surface area contributed by atoms with E-state index in [4.69, 9.17) is 10.5 Å². The molecule has 0 aliphatic carbocycles. The molecule has 0 atom stereocenters. The molecule has 0 radical (unpaired) electrons. The van der Waals surface area contributed by atoms with Crippen LogP contribution < -0.4 is 15.4 Å². The zero-order valence-electron chi connectivity index (χ0n) is 11.9. The van der Waals surface area contributed by atoms with Crippen molar-refractivity contribution in [2.24, 2.45) is 0 Å². The Labute approximate surface area is 115 Å². The lowest BCUT2D eigenvalue weighted by molar-refractivity contribution is 0.244. The number of nitrogens with zero attached hydrogens (tertiary/aromatic N) is 1. The summed E-state index contributed by atoms with van der Waals surface area (Å²) >= 11 is 0. The summed E-state index contributed by atoms with van der Waals surface area (Å²) < 4.78 is 28.0. The Hall–Kier alpha value is -1.43. The van der Waals surface area contributed by atoms with Crippen LogP contribution in [0.5, 0.6) is 5.75 Å². The van der Waals surface area contributed by atoms with Crippen molar-refractivity contribution in [3.05, 3.63) is 18.2 Å². The number of nitrogen functional groups attached to an aromatic ring is 1. The van der Waals surface area contributed by atoms with E-state index in [-0.39, 0.29) is 11.9 Å². The van der Waals surface area contributed by atoms with Crippen molar-refractivity contribution in [3.8, 4) is 5.75 Å². The summed E-state index contributed by atoms with van der Waals surface area (Å²) in [5.41, 5.74) is 7.37. The molecule has 19 heavy (non-hydrogen) atoms. The number of hydrogen-bond donors (Lipinski definition) is 1. The van der Waals surface area contributed by atoms with Gasteiger partial charge in [-0.1, -0.05) is 6.07 Å². The van der Waals surface area contributed by atoms with E-state index in [1.165, 1.54) is 6.26 Å². The average Bonchev–Trinajstić information content (AvgIpc) is 2.27. The third-order valence-electron chi connectivity index (χ3n) is 2.61. The lowest BCUT2D eigenvalue weighted by Crippen LogP contribution is -2.25. The SMILES string of the molecule is CC(C)Oc1cccc(N(C)CCS(C)(=O)=O)c1N. The van der Waals surface area contributed by atoms with Gasteiger partial charge in [-0.15, -0.1) is 0 Å². The molecule has 0 bridgehead atoms. The monoisotopic (exact) mass is 286 g/mol. The molecule has 0 aliphatic heterocycles. The maximum atomic E-state index is 11.2. The summed E-state index contributed by atoms with van der Waals surface area (Å²) in [5.74, 6) is 0.719. The van der Waals surface area contributed by atoms with E-state index < -0.39 is 9.84 Å². The Kier molecular flexibility index (Phi) is 5.05. The predicted octanol–water partition coefficient (Wildman–Crippen LogP) is 1.54. The van der Waals surface area contributed by atoms with Crippen LogP contribution in [0.3, 0.4) is 0 Å². The van der Waals surface area contributed by atoms with E-state index >= 15 is 0 Å². The van der Waals surface area contributed by atoms with Gasteiger partial charge in [0.25, 0.3) is 0 Å². The van der Waals surface area contributed by atoms with Crippen molar-refractivity contribution in [2.75, 3.05) is 36.2 Å². The third-order valence-corrected chi connectivity index (χ3v) is 3.54. The van der Waals surface area contributed by atoms with Gasteiger partial charge >= 0.3 is 0 Å². The number of nitrogens with two attached hydrogens (primary N) is 1. The first-order valence-electron chi connectivity index (χ1n) is 6.14. The molecule has 0 saturated heterocycles. The van der Waals surface area contributed by atoms with E-state index in [9.17, 15) is 8.42 Å². The van der Waals surface area contributed by atoms with Gasteiger partial charge < -0.3 is 15.4 Å². The van der Waals surface area contributed by atoms with Crippen molar-refractivity contribution < 1.29 is 13.2 Å². The molecular formula is C13H22N2O3S. The fourth-order valence-electron chi connectivity index (χ4n) is 1.65. The van der Waals surface area contributed by atoms with Gasteiger partial charge in [-0.05, 0) is 26.0 Å². The second-order valence-corrected chi connectivity index (χ2v) is 7.17. The minimum absolute atomic E-state index is 0.0406. The molecular weight excluding hydrogens is 264 g/mol. The number of para-hydroxylation sites is 1. The Bertz CT molecular complexity index is 527. The minimum Gasteiger partial charge on any atom is -0.489 e. The van der Waals surface area contributed by atoms with Crippen LogP contribution in [0.15, 0.2) is 18.2 Å². The largest absolute Gasteiger partial charge is 0.489 e. The van der Waals surface area contributed by atoms with Crippen LogP contribution in [0.4, 0.5) is 11.4 Å². The highest BCUT2D eigenvalue weighted by atomic mass is 32.2. The van der Waals surface area contributed by atoms with Crippen LogP contribution >= 0.6 is 0 Å². The first-order chi connectivity index (χ1) is 8.70. The van der Waals surface area contributed by atoms with Crippen molar-refractivity contribution >= 4 is 21.2 Å². The molecule has 0 fully saturated rings. The summed E-state index contributed by atoms with van der Waals surface area (Å²) in [7, 11) is -1.17. The predicted molar refractivity (Wildman–Crippen MR) is 79.6 cm³/mol. The molecule has 0 unspecified atom stereocenters. The van der Waals surface area contributed by atoms with E-state index in [1.807, 2.05) is 44.0 Å². The first-order valence-corrected chi connectivity index (χ1v) is 8.21. The van der Waals surface area contributed by atoms with Crippen molar-refractivity contribution in [3.63, 3.8) is 0 Å².